The number of carbonyl (C=O) groups is 2. The third-order valence-corrected chi connectivity index (χ3v) is 4.62. The number of carboxylic acids is 1. The SMILES string of the molecule is CCN(CC)CCNC(=O)CC1(CC(=O)O)CCCCC1. The van der Waals surface area contributed by atoms with Gasteiger partial charge in [-0.2, -0.15) is 0 Å². The molecule has 0 aliphatic heterocycles. The van der Waals surface area contributed by atoms with E-state index in [1.54, 1.807) is 0 Å². The minimum absolute atomic E-state index is 0.00491. The fraction of sp³-hybridized carbons (Fsp3) is 0.875. The molecule has 0 aromatic carbocycles. The quantitative estimate of drug-likeness (QED) is 0.685. The summed E-state index contributed by atoms with van der Waals surface area (Å²) in [6, 6.07) is 0. The van der Waals surface area contributed by atoms with Gasteiger partial charge in [0.1, 0.15) is 0 Å². The topological polar surface area (TPSA) is 69.6 Å². The number of nitrogens with one attached hydrogen (secondary N) is 1. The van der Waals surface area contributed by atoms with Crippen molar-refractivity contribution in [3.8, 4) is 0 Å². The summed E-state index contributed by atoms with van der Waals surface area (Å²) in [6.45, 7) is 7.67. The highest BCUT2D eigenvalue weighted by Crippen LogP contribution is 2.42. The van der Waals surface area contributed by atoms with Crippen molar-refractivity contribution in [1.82, 2.24) is 10.2 Å². The number of rotatable bonds is 9. The maximum Gasteiger partial charge on any atom is 0.303 e. The van der Waals surface area contributed by atoms with Crippen LogP contribution in [-0.2, 0) is 9.59 Å². The number of carboxylic acid groups (broad SMARTS) is 1. The summed E-state index contributed by atoms with van der Waals surface area (Å²) in [6.07, 6.45) is 5.45. The molecule has 5 nitrogen and oxygen atoms in total. The Morgan fingerprint density at radius 3 is 2.24 bits per heavy atom. The van der Waals surface area contributed by atoms with Gasteiger partial charge in [0.25, 0.3) is 0 Å². The number of amides is 1. The second-order valence-corrected chi connectivity index (χ2v) is 6.18. The molecule has 0 heterocycles. The van der Waals surface area contributed by atoms with E-state index in [1.807, 2.05) is 0 Å². The van der Waals surface area contributed by atoms with Crippen LogP contribution in [0.3, 0.4) is 0 Å². The zero-order chi connectivity index (χ0) is 15.7. The summed E-state index contributed by atoms with van der Waals surface area (Å²) in [4.78, 5) is 25.5. The molecule has 1 amide bonds. The third kappa shape index (κ3) is 6.46. The van der Waals surface area contributed by atoms with Crippen molar-refractivity contribution < 1.29 is 14.7 Å². The Hall–Kier alpha value is -1.10. The van der Waals surface area contributed by atoms with Crippen LogP contribution in [0.1, 0.15) is 58.8 Å². The Morgan fingerprint density at radius 2 is 1.71 bits per heavy atom. The zero-order valence-electron chi connectivity index (χ0n) is 13.5. The molecule has 1 rings (SSSR count). The van der Waals surface area contributed by atoms with Crippen LogP contribution in [0.2, 0.25) is 0 Å². The molecular weight excluding hydrogens is 268 g/mol. The zero-order valence-corrected chi connectivity index (χ0v) is 13.5. The Labute approximate surface area is 128 Å². The standard InChI is InChI=1S/C16H30N2O3/c1-3-18(4-2)11-10-17-14(19)12-16(13-15(20)21)8-6-5-7-9-16/h3-13H2,1-2H3,(H,17,19)(H,20,21). The molecule has 0 saturated heterocycles. The monoisotopic (exact) mass is 298 g/mol. The molecule has 0 radical (unpaired) electrons. The van der Waals surface area contributed by atoms with Gasteiger partial charge in [0.2, 0.25) is 5.91 Å². The van der Waals surface area contributed by atoms with Crippen molar-refractivity contribution in [2.24, 2.45) is 5.41 Å². The van der Waals surface area contributed by atoms with Crippen molar-refractivity contribution in [2.75, 3.05) is 26.2 Å². The van der Waals surface area contributed by atoms with Gasteiger partial charge in [-0.25, -0.2) is 0 Å². The molecule has 1 aliphatic rings. The number of likely N-dealkylation sites (N-methyl/N-ethyl adjacent to an activating group) is 1. The Kier molecular flexibility index (Phi) is 7.72. The predicted molar refractivity (Wildman–Crippen MR) is 83.2 cm³/mol. The van der Waals surface area contributed by atoms with Gasteiger partial charge < -0.3 is 15.3 Å². The Balaban J connectivity index is 2.43. The first-order valence-electron chi connectivity index (χ1n) is 8.22. The van der Waals surface area contributed by atoms with Gasteiger partial charge in [-0.05, 0) is 31.3 Å². The van der Waals surface area contributed by atoms with Crippen molar-refractivity contribution in [3.63, 3.8) is 0 Å². The molecular formula is C16H30N2O3. The van der Waals surface area contributed by atoms with E-state index >= 15 is 0 Å². The van der Waals surface area contributed by atoms with E-state index in [4.69, 9.17) is 5.11 Å². The second-order valence-electron chi connectivity index (χ2n) is 6.18. The summed E-state index contributed by atoms with van der Waals surface area (Å²) in [5.74, 6) is -0.779. The van der Waals surface area contributed by atoms with E-state index in [0.717, 1.165) is 51.7 Å². The largest absolute Gasteiger partial charge is 0.481 e. The molecule has 0 aromatic heterocycles. The van der Waals surface area contributed by atoms with Gasteiger partial charge in [-0.15, -0.1) is 0 Å². The molecule has 1 fully saturated rings. The van der Waals surface area contributed by atoms with Crippen molar-refractivity contribution in [1.29, 1.82) is 0 Å². The summed E-state index contributed by atoms with van der Waals surface area (Å²) in [5.41, 5.74) is -0.316. The molecule has 122 valence electrons. The highest BCUT2D eigenvalue weighted by Gasteiger charge is 2.36. The smallest absolute Gasteiger partial charge is 0.303 e. The van der Waals surface area contributed by atoms with Crippen LogP contribution >= 0.6 is 0 Å². The first-order valence-corrected chi connectivity index (χ1v) is 8.22. The van der Waals surface area contributed by atoms with Crippen LogP contribution < -0.4 is 5.32 Å². The number of carbonyl (C=O) groups excluding carboxylic acids is 1. The summed E-state index contributed by atoms with van der Waals surface area (Å²) in [5, 5.41) is 12.1. The van der Waals surface area contributed by atoms with Crippen LogP contribution in [0, 0.1) is 5.41 Å². The molecule has 1 saturated carbocycles. The average Bonchev–Trinajstić information content (AvgIpc) is 2.43. The van der Waals surface area contributed by atoms with Crippen molar-refractivity contribution in [2.45, 2.75) is 58.8 Å². The van der Waals surface area contributed by atoms with E-state index in [1.165, 1.54) is 0 Å². The maximum absolute atomic E-state index is 12.1. The first-order chi connectivity index (χ1) is 10.0. The Bertz CT molecular complexity index is 334. The Morgan fingerprint density at radius 1 is 1.10 bits per heavy atom. The van der Waals surface area contributed by atoms with Crippen LogP contribution in [0.5, 0.6) is 0 Å². The second kappa shape index (κ2) is 9.03. The molecule has 0 unspecified atom stereocenters. The van der Waals surface area contributed by atoms with Gasteiger partial charge in [0.05, 0.1) is 6.42 Å². The highest BCUT2D eigenvalue weighted by atomic mass is 16.4. The molecule has 0 aromatic rings. The normalized spacial score (nSPS) is 17.7. The molecule has 0 spiro atoms. The van der Waals surface area contributed by atoms with Gasteiger partial charge in [-0.1, -0.05) is 33.1 Å². The summed E-state index contributed by atoms with van der Waals surface area (Å²) in [7, 11) is 0. The van der Waals surface area contributed by atoms with Gasteiger partial charge in [0.15, 0.2) is 0 Å². The average molecular weight is 298 g/mol. The lowest BCUT2D eigenvalue weighted by Crippen LogP contribution is -2.38. The van der Waals surface area contributed by atoms with Crippen molar-refractivity contribution in [3.05, 3.63) is 0 Å². The van der Waals surface area contributed by atoms with E-state index in [9.17, 15) is 9.59 Å². The van der Waals surface area contributed by atoms with Crippen LogP contribution in [0.25, 0.3) is 0 Å². The van der Waals surface area contributed by atoms with Gasteiger partial charge >= 0.3 is 5.97 Å². The van der Waals surface area contributed by atoms with Gasteiger partial charge in [-0.3, -0.25) is 9.59 Å². The van der Waals surface area contributed by atoms with Crippen LogP contribution in [0.4, 0.5) is 0 Å². The fourth-order valence-electron chi connectivity index (χ4n) is 3.33. The lowest BCUT2D eigenvalue weighted by atomic mass is 9.69. The predicted octanol–water partition coefficient (Wildman–Crippen LogP) is 2.26. The molecule has 5 heteroatoms. The minimum atomic E-state index is -0.784. The van der Waals surface area contributed by atoms with E-state index in [0.29, 0.717) is 13.0 Å². The minimum Gasteiger partial charge on any atom is -0.481 e. The lowest BCUT2D eigenvalue weighted by Gasteiger charge is -2.35. The molecule has 2 N–H and O–H groups in total. The number of hydrogen-bond donors (Lipinski definition) is 2. The van der Waals surface area contributed by atoms with E-state index < -0.39 is 5.97 Å². The molecule has 1 aliphatic carbocycles. The van der Waals surface area contributed by atoms with Crippen LogP contribution in [0.15, 0.2) is 0 Å². The van der Waals surface area contributed by atoms with Gasteiger partial charge in [0, 0.05) is 19.5 Å². The third-order valence-electron chi connectivity index (χ3n) is 4.62. The molecule has 0 atom stereocenters. The van der Waals surface area contributed by atoms with Crippen LogP contribution in [-0.4, -0.2) is 48.1 Å². The molecule has 0 bridgehead atoms. The number of nitrogens with zero attached hydrogens (tertiary/aromatic N) is 1. The first kappa shape index (κ1) is 18.0. The molecule has 21 heavy (non-hydrogen) atoms. The number of aliphatic carboxylic acids is 1. The number of hydrogen-bond acceptors (Lipinski definition) is 3. The van der Waals surface area contributed by atoms with Crippen molar-refractivity contribution >= 4 is 11.9 Å². The summed E-state index contributed by atoms with van der Waals surface area (Å²) < 4.78 is 0. The maximum atomic E-state index is 12.1. The summed E-state index contributed by atoms with van der Waals surface area (Å²) >= 11 is 0. The fourth-order valence-corrected chi connectivity index (χ4v) is 3.33. The highest BCUT2D eigenvalue weighted by molar-refractivity contribution is 5.78. The van der Waals surface area contributed by atoms with E-state index in [-0.39, 0.29) is 17.7 Å². The van der Waals surface area contributed by atoms with E-state index in [2.05, 4.69) is 24.1 Å². The lowest BCUT2D eigenvalue weighted by molar-refractivity contribution is -0.141.